The van der Waals surface area contributed by atoms with Crippen molar-refractivity contribution in [1.82, 2.24) is 5.06 Å². The number of ether oxygens (including phenoxy) is 1. The summed E-state index contributed by atoms with van der Waals surface area (Å²) in [6, 6.07) is -0.221. The number of esters is 1. The first kappa shape index (κ1) is 22.8. The normalized spacial score (nSPS) is 24.2. The molecule has 0 saturated carbocycles. The largest absolute Gasteiger partial charge is 0.785 e. The molecule has 1 rings (SSSR count). The molecular formula is C17H36NO5Si2-. The molecule has 1 aliphatic rings. The van der Waals surface area contributed by atoms with Gasteiger partial charge in [-0.1, -0.05) is 41.5 Å². The summed E-state index contributed by atoms with van der Waals surface area (Å²) in [6.07, 6.45) is 1.05. The van der Waals surface area contributed by atoms with Crippen LogP contribution in [0, 0.1) is 5.21 Å². The Morgan fingerprint density at radius 2 is 1.52 bits per heavy atom. The molecule has 3 atom stereocenters. The molecule has 1 aliphatic heterocycles. The Hall–Kier alpha value is -0.256. The van der Waals surface area contributed by atoms with E-state index < -0.39 is 30.0 Å². The van der Waals surface area contributed by atoms with Crippen molar-refractivity contribution in [3.05, 3.63) is 5.21 Å². The van der Waals surface area contributed by atoms with Gasteiger partial charge in [-0.2, -0.15) is 0 Å². The molecule has 3 unspecified atom stereocenters. The summed E-state index contributed by atoms with van der Waals surface area (Å²) in [7, 11) is -3.51. The van der Waals surface area contributed by atoms with E-state index in [0.717, 1.165) is 11.5 Å². The van der Waals surface area contributed by atoms with Crippen LogP contribution in [0.4, 0.5) is 0 Å². The SMILES string of the molecule is CC(=O)OC(CC1CCN1[O-])(O[SiH](C)C(C)(C)C)O[SiH](C)C(C)(C)C. The van der Waals surface area contributed by atoms with Crippen LogP contribution >= 0.6 is 0 Å². The van der Waals surface area contributed by atoms with Gasteiger partial charge in [-0.15, -0.1) is 0 Å². The van der Waals surface area contributed by atoms with Crippen LogP contribution in [-0.2, 0) is 18.4 Å². The van der Waals surface area contributed by atoms with Crippen LogP contribution in [0.25, 0.3) is 0 Å². The highest BCUT2D eigenvalue weighted by Gasteiger charge is 2.46. The second kappa shape index (κ2) is 8.18. The number of rotatable bonds is 7. The van der Waals surface area contributed by atoms with E-state index in [9.17, 15) is 10.0 Å². The van der Waals surface area contributed by atoms with E-state index in [2.05, 4.69) is 54.6 Å². The van der Waals surface area contributed by atoms with E-state index in [1.165, 1.54) is 6.92 Å². The molecule has 0 N–H and O–H groups in total. The number of hydrogen-bond acceptors (Lipinski definition) is 6. The molecule has 1 heterocycles. The molecule has 0 aliphatic carbocycles. The molecule has 0 spiro atoms. The monoisotopic (exact) mass is 390 g/mol. The molecule has 1 fully saturated rings. The first-order valence-corrected chi connectivity index (χ1v) is 13.6. The summed E-state index contributed by atoms with van der Waals surface area (Å²) in [4.78, 5) is 11.8. The molecule has 0 bridgehead atoms. The summed E-state index contributed by atoms with van der Waals surface area (Å²) < 4.78 is 18.4. The molecule has 0 amide bonds. The number of nitrogens with zero attached hydrogens (tertiary/aromatic N) is 1. The van der Waals surface area contributed by atoms with Crippen LogP contribution in [0.5, 0.6) is 0 Å². The Kier molecular flexibility index (Phi) is 7.46. The van der Waals surface area contributed by atoms with Gasteiger partial charge in [0.05, 0.1) is 6.42 Å². The summed E-state index contributed by atoms with van der Waals surface area (Å²) in [5.74, 6) is -1.88. The lowest BCUT2D eigenvalue weighted by Crippen LogP contribution is -2.56. The fourth-order valence-corrected chi connectivity index (χ4v) is 4.53. The van der Waals surface area contributed by atoms with Crippen LogP contribution < -0.4 is 0 Å². The molecule has 8 heteroatoms. The summed E-state index contributed by atoms with van der Waals surface area (Å²) >= 11 is 0. The van der Waals surface area contributed by atoms with Crippen molar-refractivity contribution in [2.45, 2.75) is 96.5 Å². The molecule has 0 aromatic rings. The minimum absolute atomic E-state index is 0.0158. The predicted molar refractivity (Wildman–Crippen MR) is 105 cm³/mol. The molecule has 0 radical (unpaired) electrons. The van der Waals surface area contributed by atoms with Crippen molar-refractivity contribution in [2.24, 2.45) is 0 Å². The maximum Gasteiger partial charge on any atom is 0.311 e. The fourth-order valence-electron chi connectivity index (χ4n) is 2.23. The molecular weight excluding hydrogens is 354 g/mol. The first-order chi connectivity index (χ1) is 11.2. The van der Waals surface area contributed by atoms with Crippen molar-refractivity contribution < 1.29 is 18.4 Å². The summed E-state index contributed by atoms with van der Waals surface area (Å²) in [5, 5.41) is 12.8. The Balaban J connectivity index is 3.13. The Morgan fingerprint density at radius 3 is 1.76 bits per heavy atom. The number of carbonyl (C=O) groups excluding carboxylic acids is 1. The van der Waals surface area contributed by atoms with Gasteiger partial charge in [0.15, 0.2) is 18.1 Å². The highest BCUT2D eigenvalue weighted by molar-refractivity contribution is 6.55. The van der Waals surface area contributed by atoms with E-state index in [1.54, 1.807) is 0 Å². The van der Waals surface area contributed by atoms with E-state index in [4.69, 9.17) is 13.6 Å². The lowest BCUT2D eigenvalue weighted by atomic mass is 10.0. The van der Waals surface area contributed by atoms with Gasteiger partial charge < -0.3 is 23.9 Å². The van der Waals surface area contributed by atoms with Crippen LogP contribution in [0.3, 0.4) is 0 Å². The van der Waals surface area contributed by atoms with Gasteiger partial charge in [-0.25, -0.2) is 0 Å². The third-order valence-electron chi connectivity index (χ3n) is 5.03. The van der Waals surface area contributed by atoms with Gasteiger partial charge in [0, 0.05) is 13.0 Å². The van der Waals surface area contributed by atoms with Gasteiger partial charge >= 0.3 is 11.9 Å². The third-order valence-corrected chi connectivity index (χ3v) is 11.3. The smallest absolute Gasteiger partial charge is 0.311 e. The zero-order valence-corrected chi connectivity index (χ0v) is 19.7. The van der Waals surface area contributed by atoms with Crippen molar-refractivity contribution in [3.63, 3.8) is 0 Å². The maximum absolute atomic E-state index is 11.8. The third kappa shape index (κ3) is 6.76. The summed E-state index contributed by atoms with van der Waals surface area (Å²) in [6.45, 7) is 18.8. The first-order valence-electron chi connectivity index (χ1n) is 9.15. The minimum Gasteiger partial charge on any atom is -0.785 e. The van der Waals surface area contributed by atoms with E-state index >= 15 is 0 Å². The molecule has 6 nitrogen and oxygen atoms in total. The van der Waals surface area contributed by atoms with E-state index in [-0.39, 0.29) is 22.5 Å². The highest BCUT2D eigenvalue weighted by Crippen LogP contribution is 2.39. The van der Waals surface area contributed by atoms with Crippen LogP contribution in [0.2, 0.25) is 23.2 Å². The average Bonchev–Trinajstić information content (AvgIpc) is 2.40. The zero-order chi connectivity index (χ0) is 19.6. The number of carbonyl (C=O) groups is 1. The topological polar surface area (TPSA) is 71.1 Å². The Bertz CT molecular complexity index is 439. The van der Waals surface area contributed by atoms with Gasteiger partial charge in [-0.05, 0) is 36.1 Å². The zero-order valence-electron chi connectivity index (χ0n) is 17.3. The standard InChI is InChI=1S/C17H36NO5Si2/c1-13(19)21-17(12-14-10-11-18(14)20,22-24(8)15(2,3)4)23-25(9)16(5,6)7/h14,24-25H,10-12H2,1-9H3/q-1. The minimum atomic E-state index is -1.75. The fraction of sp³-hybridized carbons (Fsp3) is 0.941. The molecule has 1 saturated heterocycles. The number of hydrogen-bond donors (Lipinski definition) is 0. The van der Waals surface area contributed by atoms with Crippen LogP contribution in [0.1, 0.15) is 61.3 Å². The van der Waals surface area contributed by atoms with Crippen LogP contribution in [0.15, 0.2) is 0 Å². The van der Waals surface area contributed by atoms with Gasteiger partial charge in [0.2, 0.25) is 0 Å². The lowest BCUT2D eigenvalue weighted by Gasteiger charge is -2.51. The lowest BCUT2D eigenvalue weighted by molar-refractivity contribution is -0.302. The van der Waals surface area contributed by atoms with Crippen molar-refractivity contribution in [2.75, 3.05) is 6.54 Å². The van der Waals surface area contributed by atoms with Gasteiger partial charge in [0.25, 0.3) is 0 Å². The quantitative estimate of drug-likeness (QED) is 0.376. The molecule has 0 aromatic heterocycles. The van der Waals surface area contributed by atoms with Crippen molar-refractivity contribution >= 4 is 24.0 Å². The van der Waals surface area contributed by atoms with Gasteiger partial charge in [-0.3, -0.25) is 4.79 Å². The van der Waals surface area contributed by atoms with Gasteiger partial charge in [0.1, 0.15) is 0 Å². The second-order valence-corrected chi connectivity index (χ2v) is 15.8. The molecule has 0 aromatic carbocycles. The van der Waals surface area contributed by atoms with Crippen molar-refractivity contribution in [3.8, 4) is 0 Å². The molecule has 25 heavy (non-hydrogen) atoms. The summed E-state index contributed by atoms with van der Waals surface area (Å²) in [5.41, 5.74) is 0. The average molecular weight is 391 g/mol. The van der Waals surface area contributed by atoms with E-state index in [1.807, 2.05) is 0 Å². The predicted octanol–water partition coefficient (Wildman–Crippen LogP) is 3.51. The maximum atomic E-state index is 11.8. The Morgan fingerprint density at radius 1 is 1.08 bits per heavy atom. The molecule has 148 valence electrons. The second-order valence-electron chi connectivity index (χ2n) is 9.32. The highest BCUT2D eigenvalue weighted by atomic mass is 28.3. The van der Waals surface area contributed by atoms with E-state index in [0.29, 0.717) is 6.54 Å². The van der Waals surface area contributed by atoms with Crippen molar-refractivity contribution in [1.29, 1.82) is 0 Å². The van der Waals surface area contributed by atoms with Crippen LogP contribution in [-0.4, -0.2) is 47.7 Å². The number of hydroxylamine groups is 2. The Labute approximate surface area is 156 Å².